The molecule has 0 radical (unpaired) electrons. The molecule has 5 nitrogen and oxygen atoms in total. The van der Waals surface area contributed by atoms with Crippen LogP contribution in [0.3, 0.4) is 0 Å². The molecule has 0 spiro atoms. The van der Waals surface area contributed by atoms with Crippen molar-refractivity contribution in [3.63, 3.8) is 0 Å². The summed E-state index contributed by atoms with van der Waals surface area (Å²) in [6.45, 7) is 7.58. The maximum atomic E-state index is 5.86. The van der Waals surface area contributed by atoms with Crippen molar-refractivity contribution in [2.45, 2.75) is 39.4 Å². The van der Waals surface area contributed by atoms with Crippen LogP contribution in [-0.4, -0.2) is 21.0 Å². The van der Waals surface area contributed by atoms with Gasteiger partial charge in [-0.15, -0.1) is 24.0 Å². The quantitative estimate of drug-likeness (QED) is 0.460. The van der Waals surface area contributed by atoms with Gasteiger partial charge in [0.1, 0.15) is 0 Å². The molecule has 0 saturated carbocycles. The number of nitrogens with one attached hydrogen (secondary N) is 1. The summed E-state index contributed by atoms with van der Waals surface area (Å²) in [5.74, 6) is 0.477. The molecule has 0 aliphatic rings. The first-order valence-corrected chi connectivity index (χ1v) is 7.04. The van der Waals surface area contributed by atoms with Crippen molar-refractivity contribution in [1.29, 1.82) is 0 Å². The van der Waals surface area contributed by atoms with E-state index in [2.05, 4.69) is 60.3 Å². The first-order chi connectivity index (χ1) is 9.92. The summed E-state index contributed by atoms with van der Waals surface area (Å²) >= 11 is 0. The second-order valence-corrected chi connectivity index (χ2v) is 6.13. The predicted octanol–water partition coefficient (Wildman–Crippen LogP) is 2.75. The van der Waals surface area contributed by atoms with Crippen molar-refractivity contribution < 1.29 is 0 Å². The van der Waals surface area contributed by atoms with Gasteiger partial charge in [-0.05, 0) is 31.9 Å². The largest absolute Gasteiger partial charge is 0.370 e. The third-order valence-electron chi connectivity index (χ3n) is 2.88. The topological polar surface area (TPSA) is 68.2 Å². The minimum Gasteiger partial charge on any atom is -0.370 e. The second-order valence-electron chi connectivity index (χ2n) is 6.13. The highest BCUT2D eigenvalue weighted by atomic mass is 127. The Morgan fingerprint density at radius 3 is 2.41 bits per heavy atom. The Morgan fingerprint density at radius 1 is 1.23 bits per heavy atom. The van der Waals surface area contributed by atoms with Gasteiger partial charge in [-0.25, -0.2) is 9.98 Å². The first kappa shape index (κ1) is 18.5. The summed E-state index contributed by atoms with van der Waals surface area (Å²) in [6, 6.07) is 8.39. The summed E-state index contributed by atoms with van der Waals surface area (Å²) < 4.78 is 2.04. The number of nitrogens with two attached hydrogens (primary N) is 1. The van der Waals surface area contributed by atoms with E-state index in [1.165, 1.54) is 5.56 Å². The molecule has 120 valence electrons. The number of rotatable bonds is 4. The normalized spacial score (nSPS) is 11.9. The van der Waals surface area contributed by atoms with Crippen LogP contribution in [0.4, 0.5) is 0 Å². The number of benzene rings is 1. The van der Waals surface area contributed by atoms with Crippen LogP contribution in [0, 0.1) is 0 Å². The van der Waals surface area contributed by atoms with Crippen molar-refractivity contribution in [1.82, 2.24) is 14.9 Å². The van der Waals surface area contributed by atoms with Crippen LogP contribution in [-0.2, 0) is 13.1 Å². The Balaban J connectivity index is 0.00000242. The molecule has 0 unspecified atom stereocenters. The average Bonchev–Trinajstić information content (AvgIpc) is 2.89. The maximum Gasteiger partial charge on any atom is 0.189 e. The molecule has 22 heavy (non-hydrogen) atoms. The summed E-state index contributed by atoms with van der Waals surface area (Å²) in [5, 5.41) is 3.15. The van der Waals surface area contributed by atoms with E-state index in [-0.39, 0.29) is 29.5 Å². The van der Waals surface area contributed by atoms with Crippen LogP contribution >= 0.6 is 24.0 Å². The zero-order valence-electron chi connectivity index (χ0n) is 13.3. The number of imidazole rings is 1. The second kappa shape index (κ2) is 8.17. The van der Waals surface area contributed by atoms with Crippen molar-refractivity contribution in [3.05, 3.63) is 54.1 Å². The van der Waals surface area contributed by atoms with Crippen LogP contribution in [0.2, 0.25) is 0 Å². The molecular formula is C16H24IN5. The summed E-state index contributed by atoms with van der Waals surface area (Å²) in [4.78, 5) is 8.39. The van der Waals surface area contributed by atoms with E-state index in [9.17, 15) is 0 Å². The van der Waals surface area contributed by atoms with E-state index in [0.717, 1.165) is 12.1 Å². The molecule has 0 atom stereocenters. The Hall–Kier alpha value is -1.57. The molecule has 1 aromatic heterocycles. The molecule has 1 aromatic carbocycles. The summed E-state index contributed by atoms with van der Waals surface area (Å²) in [5.41, 5.74) is 8.17. The molecule has 0 saturated heterocycles. The molecule has 1 heterocycles. The Kier molecular flexibility index (Phi) is 6.86. The lowest BCUT2D eigenvalue weighted by molar-refractivity contribution is 0.508. The fourth-order valence-electron chi connectivity index (χ4n) is 1.94. The standard InChI is InChI=1S/C16H23N5.HI/c1-16(2,3)20-15(17)19-10-13-4-6-14(7-5-13)11-21-9-8-18-12-21;/h4-9,12H,10-11H2,1-3H3,(H3,17,19,20);1H. The lowest BCUT2D eigenvalue weighted by Crippen LogP contribution is -2.44. The number of aliphatic imine (C=N–C) groups is 1. The minimum absolute atomic E-state index is 0. The Morgan fingerprint density at radius 2 is 1.86 bits per heavy atom. The van der Waals surface area contributed by atoms with Gasteiger partial charge in [0.2, 0.25) is 0 Å². The molecule has 0 aliphatic carbocycles. The lowest BCUT2D eigenvalue weighted by Gasteiger charge is -2.20. The smallest absolute Gasteiger partial charge is 0.189 e. The average molecular weight is 413 g/mol. The number of aromatic nitrogens is 2. The van der Waals surface area contributed by atoms with Gasteiger partial charge in [-0.3, -0.25) is 0 Å². The molecule has 2 aromatic rings. The monoisotopic (exact) mass is 413 g/mol. The Labute approximate surface area is 149 Å². The van der Waals surface area contributed by atoms with E-state index >= 15 is 0 Å². The highest BCUT2D eigenvalue weighted by Crippen LogP contribution is 2.07. The fourth-order valence-corrected chi connectivity index (χ4v) is 1.94. The van der Waals surface area contributed by atoms with Crippen molar-refractivity contribution in [3.8, 4) is 0 Å². The van der Waals surface area contributed by atoms with Gasteiger partial charge >= 0.3 is 0 Å². The van der Waals surface area contributed by atoms with Gasteiger partial charge < -0.3 is 15.6 Å². The first-order valence-electron chi connectivity index (χ1n) is 7.04. The molecule has 0 fully saturated rings. The van der Waals surface area contributed by atoms with Gasteiger partial charge in [-0.2, -0.15) is 0 Å². The predicted molar refractivity (Wildman–Crippen MR) is 101 cm³/mol. The van der Waals surface area contributed by atoms with E-state index in [1.807, 2.05) is 17.1 Å². The number of guanidine groups is 1. The summed E-state index contributed by atoms with van der Waals surface area (Å²) in [6.07, 6.45) is 5.56. The van der Waals surface area contributed by atoms with Crippen LogP contribution in [0.25, 0.3) is 0 Å². The fraction of sp³-hybridized carbons (Fsp3) is 0.375. The van der Waals surface area contributed by atoms with Gasteiger partial charge in [0.15, 0.2) is 5.96 Å². The molecule has 0 aliphatic heterocycles. The minimum atomic E-state index is -0.0672. The number of hydrogen-bond donors (Lipinski definition) is 2. The molecule has 6 heteroatoms. The highest BCUT2D eigenvalue weighted by molar-refractivity contribution is 14.0. The van der Waals surface area contributed by atoms with E-state index < -0.39 is 0 Å². The summed E-state index contributed by atoms with van der Waals surface area (Å²) in [7, 11) is 0. The number of halogens is 1. The Bertz CT molecular complexity index is 582. The lowest BCUT2D eigenvalue weighted by atomic mass is 10.1. The maximum absolute atomic E-state index is 5.86. The zero-order chi connectivity index (χ0) is 15.3. The van der Waals surface area contributed by atoms with Gasteiger partial charge in [-0.1, -0.05) is 24.3 Å². The van der Waals surface area contributed by atoms with Gasteiger partial charge in [0, 0.05) is 24.5 Å². The molecule has 2 rings (SSSR count). The third kappa shape index (κ3) is 6.46. The SMILES string of the molecule is CC(C)(C)NC(N)=NCc1ccc(Cn2ccnc2)cc1.I. The van der Waals surface area contributed by atoms with Crippen molar-refractivity contribution in [2.75, 3.05) is 0 Å². The van der Waals surface area contributed by atoms with Gasteiger partial charge in [0.25, 0.3) is 0 Å². The van der Waals surface area contributed by atoms with E-state index in [1.54, 1.807) is 6.20 Å². The van der Waals surface area contributed by atoms with Crippen LogP contribution < -0.4 is 11.1 Å². The van der Waals surface area contributed by atoms with E-state index in [0.29, 0.717) is 12.5 Å². The van der Waals surface area contributed by atoms with Crippen molar-refractivity contribution in [2.24, 2.45) is 10.7 Å². The molecule has 0 amide bonds. The molecule has 0 bridgehead atoms. The third-order valence-corrected chi connectivity index (χ3v) is 2.88. The van der Waals surface area contributed by atoms with Gasteiger partial charge in [0.05, 0.1) is 12.9 Å². The molecular weight excluding hydrogens is 389 g/mol. The zero-order valence-corrected chi connectivity index (χ0v) is 15.6. The number of nitrogens with zero attached hydrogens (tertiary/aromatic N) is 3. The number of hydrogen-bond acceptors (Lipinski definition) is 2. The van der Waals surface area contributed by atoms with Crippen LogP contribution in [0.5, 0.6) is 0 Å². The van der Waals surface area contributed by atoms with E-state index in [4.69, 9.17) is 5.73 Å². The highest BCUT2D eigenvalue weighted by Gasteiger charge is 2.09. The van der Waals surface area contributed by atoms with Crippen LogP contribution in [0.1, 0.15) is 31.9 Å². The van der Waals surface area contributed by atoms with Crippen LogP contribution in [0.15, 0.2) is 48.0 Å². The van der Waals surface area contributed by atoms with Crippen molar-refractivity contribution >= 4 is 29.9 Å². The molecule has 3 N–H and O–H groups in total.